The maximum absolute atomic E-state index is 13.8. The number of benzene rings is 1. The van der Waals surface area contributed by atoms with E-state index in [1.54, 1.807) is 37.4 Å². The minimum absolute atomic E-state index is 0.186. The molecule has 4 heterocycles. The maximum atomic E-state index is 13.8. The molecule has 0 N–H and O–H groups in total. The Morgan fingerprint density at radius 3 is 2.44 bits per heavy atom. The molecule has 1 aromatic carbocycles. The van der Waals surface area contributed by atoms with E-state index in [4.69, 9.17) is 0 Å². The van der Waals surface area contributed by atoms with E-state index in [1.807, 2.05) is 24.8 Å². The summed E-state index contributed by atoms with van der Waals surface area (Å²) in [5.74, 6) is -0.101. The highest BCUT2D eigenvalue weighted by atomic mass is 19.4. The molecule has 1 aliphatic heterocycles. The molecule has 1 fully saturated rings. The van der Waals surface area contributed by atoms with E-state index in [0.29, 0.717) is 41.9 Å². The molecular weight excluding hydrogens is 538 g/mol. The zero-order valence-electron chi connectivity index (χ0n) is 22.6. The van der Waals surface area contributed by atoms with Crippen LogP contribution in [0.15, 0.2) is 59.4 Å². The lowest BCUT2D eigenvalue weighted by Crippen LogP contribution is -2.59. The third-order valence-electron chi connectivity index (χ3n) is 7.54. The molecule has 0 aliphatic carbocycles. The molecular formula is C29H27F4N7O. The van der Waals surface area contributed by atoms with E-state index in [0.717, 1.165) is 6.07 Å². The quantitative estimate of drug-likeness (QED) is 0.320. The zero-order valence-corrected chi connectivity index (χ0v) is 22.6. The lowest BCUT2D eigenvalue weighted by atomic mass is 9.95. The van der Waals surface area contributed by atoms with Crippen LogP contribution < -0.4 is 10.6 Å². The molecule has 8 nitrogen and oxygen atoms in total. The van der Waals surface area contributed by atoms with Crippen LogP contribution in [0.2, 0.25) is 0 Å². The first-order valence-electron chi connectivity index (χ1n) is 13.1. The summed E-state index contributed by atoms with van der Waals surface area (Å²) in [5, 5.41) is 9.44. The third kappa shape index (κ3) is 5.37. The fourth-order valence-corrected chi connectivity index (χ4v) is 5.44. The average molecular weight is 566 g/mol. The molecule has 1 unspecified atom stereocenters. The smallest absolute Gasteiger partial charge is 0.349 e. The van der Waals surface area contributed by atoms with E-state index in [1.165, 1.54) is 22.8 Å². The minimum Gasteiger partial charge on any atom is -0.349 e. The number of fused-ring (bicyclic) bond motifs is 1. The molecule has 12 heteroatoms. The molecule has 41 heavy (non-hydrogen) atoms. The Morgan fingerprint density at radius 1 is 1.05 bits per heavy atom. The molecule has 0 radical (unpaired) electrons. The van der Waals surface area contributed by atoms with Gasteiger partial charge in [0.05, 0.1) is 17.3 Å². The number of alkyl halides is 3. The van der Waals surface area contributed by atoms with Gasteiger partial charge in [-0.15, -0.1) is 0 Å². The Kier molecular flexibility index (Phi) is 7.48. The van der Waals surface area contributed by atoms with Crippen LogP contribution in [0, 0.1) is 17.1 Å². The van der Waals surface area contributed by atoms with E-state index in [2.05, 4.69) is 19.9 Å². The van der Waals surface area contributed by atoms with Crippen molar-refractivity contribution in [3.8, 4) is 6.07 Å². The van der Waals surface area contributed by atoms with Crippen LogP contribution in [-0.4, -0.2) is 49.6 Å². The molecule has 3 aromatic heterocycles. The number of halogens is 4. The largest absolute Gasteiger partial charge is 0.433 e. The van der Waals surface area contributed by atoms with Gasteiger partial charge in [-0.3, -0.25) is 9.47 Å². The second-order valence-corrected chi connectivity index (χ2v) is 10.1. The van der Waals surface area contributed by atoms with Gasteiger partial charge in [0, 0.05) is 32.2 Å². The van der Waals surface area contributed by atoms with Crippen molar-refractivity contribution in [1.82, 2.24) is 24.4 Å². The molecule has 5 rings (SSSR count). The number of aromatic nitrogens is 4. The van der Waals surface area contributed by atoms with E-state index >= 15 is 0 Å². The molecule has 4 aromatic rings. The summed E-state index contributed by atoms with van der Waals surface area (Å²) in [5.41, 5.74) is 0.453. The number of anilines is 1. The van der Waals surface area contributed by atoms with Crippen molar-refractivity contribution < 1.29 is 17.6 Å². The normalized spacial score (nSPS) is 18.8. The number of piperazine rings is 1. The van der Waals surface area contributed by atoms with Gasteiger partial charge in [-0.1, -0.05) is 25.1 Å². The van der Waals surface area contributed by atoms with Crippen LogP contribution in [-0.2, 0) is 13.2 Å². The highest BCUT2D eigenvalue weighted by Gasteiger charge is 2.39. The fraction of sp³-hybridized carbons (Fsp3) is 0.345. The third-order valence-corrected chi connectivity index (χ3v) is 7.54. The number of aryl methyl sites for hydroxylation is 1. The Morgan fingerprint density at radius 2 is 1.78 bits per heavy atom. The summed E-state index contributed by atoms with van der Waals surface area (Å²) in [6.07, 6.45) is -4.01. The van der Waals surface area contributed by atoms with Crippen molar-refractivity contribution in [3.05, 3.63) is 93.5 Å². The fourth-order valence-electron chi connectivity index (χ4n) is 5.44. The van der Waals surface area contributed by atoms with E-state index in [-0.39, 0.29) is 23.5 Å². The number of rotatable bonds is 5. The van der Waals surface area contributed by atoms with Crippen molar-refractivity contribution in [3.63, 3.8) is 0 Å². The van der Waals surface area contributed by atoms with Gasteiger partial charge in [0.15, 0.2) is 5.82 Å². The van der Waals surface area contributed by atoms with Crippen molar-refractivity contribution in [1.29, 1.82) is 5.26 Å². The van der Waals surface area contributed by atoms with Crippen molar-refractivity contribution in [2.45, 2.75) is 44.6 Å². The van der Waals surface area contributed by atoms with Crippen LogP contribution in [0.5, 0.6) is 0 Å². The van der Waals surface area contributed by atoms with E-state index in [9.17, 15) is 27.6 Å². The first-order valence-corrected chi connectivity index (χ1v) is 13.1. The van der Waals surface area contributed by atoms with Gasteiger partial charge < -0.3 is 4.90 Å². The number of nitrogens with zero attached hydrogens (tertiary/aromatic N) is 7. The molecule has 3 atom stereocenters. The molecule has 0 bridgehead atoms. The SMILES string of the molecule is CC[C@H]1CN(C(c2ccc(F)cc2)c2cccc(C(F)(F)F)n2)[C@H](C)CN1c1nc(=O)n(C)c2ccc(C#N)nc12. The second-order valence-electron chi connectivity index (χ2n) is 10.1. The standard InChI is InChI=1S/C29H27F4N7O/c1-4-21-16-39(26(18-8-10-19(30)11-9-18)22-6-5-7-24(36-22)29(31,32)33)17(2)15-40(21)27-25-23(38(3)28(41)37-27)13-12-20(14-34)35-25/h5-13,17,21,26H,4,15-16H2,1-3H3/t17-,21+,26?/m1/s1. The number of hydrogen-bond acceptors (Lipinski definition) is 7. The lowest BCUT2D eigenvalue weighted by molar-refractivity contribution is -0.141. The molecule has 1 aliphatic rings. The highest BCUT2D eigenvalue weighted by molar-refractivity contribution is 5.86. The molecule has 0 amide bonds. The number of pyridine rings is 2. The maximum Gasteiger partial charge on any atom is 0.433 e. The van der Waals surface area contributed by atoms with Gasteiger partial charge in [0.2, 0.25) is 0 Å². The lowest BCUT2D eigenvalue weighted by Gasteiger charge is -2.48. The highest BCUT2D eigenvalue weighted by Crippen LogP contribution is 2.37. The van der Waals surface area contributed by atoms with Gasteiger partial charge in [-0.2, -0.15) is 23.4 Å². The Labute approximate surface area is 233 Å². The summed E-state index contributed by atoms with van der Waals surface area (Å²) in [7, 11) is 1.59. The van der Waals surface area contributed by atoms with Crippen LogP contribution in [0.1, 0.15) is 49.0 Å². The monoisotopic (exact) mass is 565 g/mol. The van der Waals surface area contributed by atoms with Crippen LogP contribution in [0.4, 0.5) is 23.4 Å². The topological polar surface area (TPSA) is 90.9 Å². The predicted molar refractivity (Wildman–Crippen MR) is 145 cm³/mol. The summed E-state index contributed by atoms with van der Waals surface area (Å²) < 4.78 is 56.1. The number of hydrogen-bond donors (Lipinski definition) is 0. The molecule has 1 saturated heterocycles. The Balaban J connectivity index is 1.60. The van der Waals surface area contributed by atoms with Gasteiger partial charge in [0.25, 0.3) is 0 Å². The average Bonchev–Trinajstić information content (AvgIpc) is 2.96. The molecule has 212 valence electrons. The van der Waals surface area contributed by atoms with Crippen LogP contribution in [0.25, 0.3) is 11.0 Å². The summed E-state index contributed by atoms with van der Waals surface area (Å²) in [6.45, 7) is 4.65. The first-order chi connectivity index (χ1) is 19.5. The van der Waals surface area contributed by atoms with Crippen LogP contribution >= 0.6 is 0 Å². The van der Waals surface area contributed by atoms with Crippen molar-refractivity contribution >= 4 is 16.9 Å². The van der Waals surface area contributed by atoms with Crippen LogP contribution in [0.3, 0.4) is 0 Å². The summed E-state index contributed by atoms with van der Waals surface area (Å²) >= 11 is 0. The van der Waals surface area contributed by atoms with Gasteiger partial charge in [-0.25, -0.2) is 19.2 Å². The summed E-state index contributed by atoms with van der Waals surface area (Å²) in [6, 6.07) is 13.6. The Bertz CT molecular complexity index is 1680. The summed E-state index contributed by atoms with van der Waals surface area (Å²) in [4.78, 5) is 29.6. The Hall–Kier alpha value is -4.37. The van der Waals surface area contributed by atoms with Crippen molar-refractivity contribution in [2.75, 3.05) is 18.0 Å². The van der Waals surface area contributed by atoms with Gasteiger partial charge >= 0.3 is 11.9 Å². The van der Waals surface area contributed by atoms with Gasteiger partial charge in [-0.05, 0) is 55.3 Å². The number of nitriles is 1. The van der Waals surface area contributed by atoms with Crippen molar-refractivity contribution in [2.24, 2.45) is 7.05 Å². The molecule has 0 spiro atoms. The molecule has 0 saturated carbocycles. The van der Waals surface area contributed by atoms with E-state index < -0.39 is 29.4 Å². The minimum atomic E-state index is -4.62. The van der Waals surface area contributed by atoms with Gasteiger partial charge in [0.1, 0.15) is 28.8 Å². The predicted octanol–water partition coefficient (Wildman–Crippen LogP) is 4.83. The second kappa shape index (κ2) is 10.9. The zero-order chi connectivity index (χ0) is 29.5. The first kappa shape index (κ1) is 28.2.